The molecule has 0 saturated carbocycles. The fourth-order valence-electron chi connectivity index (χ4n) is 3.54. The number of nitrogens with one attached hydrogen (secondary N) is 1. The predicted molar refractivity (Wildman–Crippen MR) is 99.9 cm³/mol. The molecule has 136 valence electrons. The molecule has 0 fully saturated rings. The van der Waals surface area contributed by atoms with Crippen LogP contribution in [0.4, 0.5) is 0 Å². The number of amides is 1. The zero-order chi connectivity index (χ0) is 18.8. The molecule has 1 aliphatic rings. The Morgan fingerprint density at radius 2 is 1.67 bits per heavy atom. The second-order valence-electron chi connectivity index (χ2n) is 6.53. The van der Waals surface area contributed by atoms with Crippen LogP contribution in [0.5, 0.6) is 0 Å². The van der Waals surface area contributed by atoms with E-state index in [2.05, 4.69) is 10.4 Å². The number of carboxylic acid groups (broad SMARTS) is 1. The average molecular weight is 361 g/mol. The first-order chi connectivity index (χ1) is 13.1. The number of fused-ring (bicyclic) bond motifs is 1. The molecule has 0 spiro atoms. The third-order valence-corrected chi connectivity index (χ3v) is 4.80. The van der Waals surface area contributed by atoms with Crippen molar-refractivity contribution in [2.24, 2.45) is 0 Å². The SMILES string of the molecule is O=C(N[C@H](C(=O)O)c1ccccc1)c1nn(-c2ccccc2)c2c1CCC2. The van der Waals surface area contributed by atoms with Crippen LogP contribution in [0.25, 0.3) is 5.69 Å². The van der Waals surface area contributed by atoms with Gasteiger partial charge in [-0.1, -0.05) is 48.5 Å². The Balaban J connectivity index is 1.67. The summed E-state index contributed by atoms with van der Waals surface area (Å²) in [4.78, 5) is 24.6. The van der Waals surface area contributed by atoms with Crippen molar-refractivity contribution in [1.82, 2.24) is 15.1 Å². The Labute approximate surface area is 156 Å². The van der Waals surface area contributed by atoms with Gasteiger partial charge in [-0.3, -0.25) is 4.79 Å². The molecular weight excluding hydrogens is 342 g/mol. The van der Waals surface area contributed by atoms with Crippen LogP contribution in [0.15, 0.2) is 60.7 Å². The van der Waals surface area contributed by atoms with Crippen LogP contribution in [0.2, 0.25) is 0 Å². The molecule has 3 aromatic rings. The van der Waals surface area contributed by atoms with Gasteiger partial charge in [-0.15, -0.1) is 0 Å². The molecule has 0 bridgehead atoms. The van der Waals surface area contributed by atoms with Crippen LogP contribution >= 0.6 is 0 Å². The smallest absolute Gasteiger partial charge is 0.330 e. The van der Waals surface area contributed by atoms with Gasteiger partial charge in [0, 0.05) is 11.3 Å². The minimum Gasteiger partial charge on any atom is -0.479 e. The molecule has 1 amide bonds. The number of rotatable bonds is 5. The van der Waals surface area contributed by atoms with Gasteiger partial charge < -0.3 is 10.4 Å². The van der Waals surface area contributed by atoms with E-state index in [0.29, 0.717) is 11.3 Å². The summed E-state index contributed by atoms with van der Waals surface area (Å²) in [6.07, 6.45) is 2.58. The molecule has 27 heavy (non-hydrogen) atoms. The summed E-state index contributed by atoms with van der Waals surface area (Å²) >= 11 is 0. The molecule has 2 N–H and O–H groups in total. The maximum atomic E-state index is 12.9. The van der Waals surface area contributed by atoms with E-state index in [9.17, 15) is 14.7 Å². The van der Waals surface area contributed by atoms with Crippen molar-refractivity contribution in [2.45, 2.75) is 25.3 Å². The highest BCUT2D eigenvalue weighted by Gasteiger charge is 2.30. The third-order valence-electron chi connectivity index (χ3n) is 4.80. The fourth-order valence-corrected chi connectivity index (χ4v) is 3.54. The van der Waals surface area contributed by atoms with E-state index < -0.39 is 17.9 Å². The summed E-state index contributed by atoms with van der Waals surface area (Å²) in [6.45, 7) is 0. The molecule has 6 heteroatoms. The number of hydrogen-bond donors (Lipinski definition) is 2. The summed E-state index contributed by atoms with van der Waals surface area (Å²) < 4.78 is 1.80. The van der Waals surface area contributed by atoms with E-state index in [1.165, 1.54) is 0 Å². The van der Waals surface area contributed by atoms with Gasteiger partial charge in [0.15, 0.2) is 11.7 Å². The molecule has 0 aliphatic heterocycles. The molecule has 1 atom stereocenters. The Morgan fingerprint density at radius 1 is 1.00 bits per heavy atom. The van der Waals surface area contributed by atoms with Gasteiger partial charge in [0.25, 0.3) is 5.91 Å². The van der Waals surface area contributed by atoms with Crippen molar-refractivity contribution >= 4 is 11.9 Å². The summed E-state index contributed by atoms with van der Waals surface area (Å²) in [5.41, 5.74) is 3.67. The number of aliphatic carboxylic acids is 1. The molecular formula is C21H19N3O3. The van der Waals surface area contributed by atoms with Crippen molar-refractivity contribution in [1.29, 1.82) is 0 Å². The van der Waals surface area contributed by atoms with Crippen LogP contribution in [0.3, 0.4) is 0 Å². The quantitative estimate of drug-likeness (QED) is 0.732. The molecule has 1 aliphatic carbocycles. The lowest BCUT2D eigenvalue weighted by atomic mass is 10.1. The van der Waals surface area contributed by atoms with Gasteiger partial charge in [-0.2, -0.15) is 5.10 Å². The zero-order valence-corrected chi connectivity index (χ0v) is 14.6. The average Bonchev–Trinajstić information content (AvgIpc) is 3.29. The summed E-state index contributed by atoms with van der Waals surface area (Å²) in [6, 6.07) is 17.2. The number of benzene rings is 2. The first-order valence-electron chi connectivity index (χ1n) is 8.90. The predicted octanol–water partition coefficient (Wildman–Crippen LogP) is 2.92. The number of carboxylic acids is 1. The highest BCUT2D eigenvalue weighted by Crippen LogP contribution is 2.28. The van der Waals surface area contributed by atoms with E-state index in [1.54, 1.807) is 35.0 Å². The fraction of sp³-hybridized carbons (Fsp3) is 0.190. The highest BCUT2D eigenvalue weighted by molar-refractivity contribution is 5.97. The lowest BCUT2D eigenvalue weighted by Gasteiger charge is -2.14. The maximum Gasteiger partial charge on any atom is 0.330 e. The normalized spacial score (nSPS) is 13.8. The largest absolute Gasteiger partial charge is 0.479 e. The van der Waals surface area contributed by atoms with Gasteiger partial charge in [0.2, 0.25) is 0 Å². The number of carbonyl (C=O) groups is 2. The maximum absolute atomic E-state index is 12.9. The van der Waals surface area contributed by atoms with Crippen LogP contribution in [-0.4, -0.2) is 26.8 Å². The Kier molecular flexibility index (Phi) is 4.46. The molecule has 4 rings (SSSR count). The number of aromatic nitrogens is 2. The third kappa shape index (κ3) is 3.21. The van der Waals surface area contributed by atoms with Gasteiger partial charge in [0.1, 0.15) is 0 Å². The van der Waals surface area contributed by atoms with Crippen molar-refractivity contribution in [2.75, 3.05) is 0 Å². The zero-order valence-electron chi connectivity index (χ0n) is 14.6. The van der Waals surface area contributed by atoms with Crippen LogP contribution in [0.1, 0.15) is 39.8 Å². The summed E-state index contributed by atoms with van der Waals surface area (Å²) in [7, 11) is 0. The number of para-hydroxylation sites is 1. The molecule has 0 radical (unpaired) electrons. The van der Waals surface area contributed by atoms with Gasteiger partial charge in [-0.25, -0.2) is 9.48 Å². The molecule has 0 saturated heterocycles. The van der Waals surface area contributed by atoms with Crippen LogP contribution in [0, 0.1) is 0 Å². The molecule has 2 aromatic carbocycles. The van der Waals surface area contributed by atoms with Gasteiger partial charge in [-0.05, 0) is 37.0 Å². The van der Waals surface area contributed by atoms with Gasteiger partial charge in [0.05, 0.1) is 5.69 Å². The minimum atomic E-state index is -1.11. The summed E-state index contributed by atoms with van der Waals surface area (Å²) in [5.74, 6) is -1.56. The van der Waals surface area contributed by atoms with E-state index in [1.807, 2.05) is 30.3 Å². The minimum absolute atomic E-state index is 0.313. The van der Waals surface area contributed by atoms with Crippen LogP contribution < -0.4 is 5.32 Å². The Morgan fingerprint density at radius 3 is 2.33 bits per heavy atom. The summed E-state index contributed by atoms with van der Waals surface area (Å²) in [5, 5.41) is 16.7. The lowest BCUT2D eigenvalue weighted by Crippen LogP contribution is -2.34. The Bertz CT molecular complexity index is 981. The van der Waals surface area contributed by atoms with E-state index >= 15 is 0 Å². The molecule has 6 nitrogen and oxygen atoms in total. The molecule has 1 heterocycles. The van der Waals surface area contributed by atoms with Crippen LogP contribution in [-0.2, 0) is 17.6 Å². The lowest BCUT2D eigenvalue weighted by molar-refractivity contribution is -0.139. The van der Waals surface area contributed by atoms with E-state index in [0.717, 1.165) is 36.2 Å². The second-order valence-corrected chi connectivity index (χ2v) is 6.53. The molecule has 1 aromatic heterocycles. The topological polar surface area (TPSA) is 84.2 Å². The van der Waals surface area contributed by atoms with E-state index in [4.69, 9.17) is 0 Å². The van der Waals surface area contributed by atoms with E-state index in [-0.39, 0.29) is 0 Å². The monoisotopic (exact) mass is 361 g/mol. The number of nitrogens with zero attached hydrogens (tertiary/aromatic N) is 2. The first kappa shape index (κ1) is 17.0. The van der Waals surface area contributed by atoms with Gasteiger partial charge >= 0.3 is 5.97 Å². The highest BCUT2D eigenvalue weighted by atomic mass is 16.4. The second kappa shape index (κ2) is 7.07. The molecule has 0 unspecified atom stereocenters. The number of carbonyl (C=O) groups excluding carboxylic acids is 1. The standard InChI is InChI=1S/C21H19N3O3/c25-20(22-18(21(26)27)14-8-3-1-4-9-14)19-16-12-7-13-17(16)24(23-19)15-10-5-2-6-11-15/h1-6,8-11,18H,7,12-13H2,(H,22,25)(H,26,27)/t18-/m0/s1. The Hall–Kier alpha value is -3.41. The van der Waals surface area contributed by atoms with Crippen molar-refractivity contribution in [3.05, 3.63) is 83.2 Å². The number of hydrogen-bond acceptors (Lipinski definition) is 3. The van der Waals surface area contributed by atoms with Crippen molar-refractivity contribution < 1.29 is 14.7 Å². The van der Waals surface area contributed by atoms with Crippen molar-refractivity contribution in [3.63, 3.8) is 0 Å². The van der Waals surface area contributed by atoms with Crippen molar-refractivity contribution in [3.8, 4) is 5.69 Å². The first-order valence-corrected chi connectivity index (χ1v) is 8.90.